The quantitative estimate of drug-likeness (QED) is 0.735. The van der Waals surface area contributed by atoms with Crippen LogP contribution in [0.1, 0.15) is 31.7 Å². The van der Waals surface area contributed by atoms with E-state index in [2.05, 4.69) is 19.1 Å². The highest BCUT2D eigenvalue weighted by Gasteiger charge is 2.39. The van der Waals surface area contributed by atoms with Gasteiger partial charge < -0.3 is 10.5 Å². The lowest BCUT2D eigenvalue weighted by Gasteiger charge is -2.27. The molecule has 0 aromatic heterocycles. The Hall–Kier alpha value is -0.860. The smallest absolute Gasteiger partial charge is 0.0716 e. The largest absolute Gasteiger partial charge is 0.377 e. The molecule has 94 valence electrons. The Balaban J connectivity index is 1.69. The molecule has 2 heteroatoms. The summed E-state index contributed by atoms with van der Waals surface area (Å²) in [6.45, 7) is 4.62. The fourth-order valence-corrected chi connectivity index (χ4v) is 2.32. The van der Waals surface area contributed by atoms with Crippen LogP contribution in [0.2, 0.25) is 0 Å². The van der Waals surface area contributed by atoms with E-state index in [9.17, 15) is 0 Å². The molecule has 1 aromatic carbocycles. The molecule has 0 bridgehead atoms. The first-order valence-corrected chi connectivity index (χ1v) is 6.56. The molecule has 1 atom stereocenters. The number of hydrogen-bond acceptors (Lipinski definition) is 2. The van der Waals surface area contributed by atoms with Crippen LogP contribution < -0.4 is 5.73 Å². The van der Waals surface area contributed by atoms with Gasteiger partial charge >= 0.3 is 0 Å². The van der Waals surface area contributed by atoms with E-state index in [0.717, 1.165) is 25.5 Å². The van der Waals surface area contributed by atoms with Gasteiger partial charge in [0.25, 0.3) is 0 Å². The van der Waals surface area contributed by atoms with Gasteiger partial charge in [0.15, 0.2) is 0 Å². The molecule has 2 N–H and O–H groups in total. The molecule has 1 aliphatic rings. The predicted octanol–water partition coefficient (Wildman–Crippen LogP) is 2.97. The summed E-state index contributed by atoms with van der Waals surface area (Å²) in [7, 11) is 0. The van der Waals surface area contributed by atoms with Gasteiger partial charge in [-0.25, -0.2) is 0 Å². The molecule has 0 saturated heterocycles. The number of benzene rings is 1. The first-order valence-electron chi connectivity index (χ1n) is 6.56. The maximum absolute atomic E-state index is 5.89. The molecule has 1 fully saturated rings. The van der Waals surface area contributed by atoms with E-state index in [4.69, 9.17) is 10.5 Å². The van der Waals surface area contributed by atoms with Gasteiger partial charge in [0.05, 0.1) is 6.61 Å². The zero-order chi connectivity index (χ0) is 12.1. The average molecular weight is 233 g/mol. The second-order valence-electron chi connectivity index (χ2n) is 5.42. The molecule has 0 aliphatic heterocycles. The Morgan fingerprint density at radius 2 is 2.00 bits per heavy atom. The fourth-order valence-electron chi connectivity index (χ4n) is 2.32. The molecule has 0 radical (unpaired) electrons. The molecule has 2 nitrogen and oxygen atoms in total. The highest BCUT2D eigenvalue weighted by atomic mass is 16.5. The van der Waals surface area contributed by atoms with Gasteiger partial charge in [-0.05, 0) is 42.7 Å². The first-order chi connectivity index (χ1) is 8.24. The third-order valence-electron chi connectivity index (χ3n) is 3.96. The van der Waals surface area contributed by atoms with Crippen LogP contribution in [0.3, 0.4) is 0 Å². The van der Waals surface area contributed by atoms with Crippen molar-refractivity contribution in [1.29, 1.82) is 0 Å². The molecular weight excluding hydrogens is 210 g/mol. The van der Waals surface area contributed by atoms with Crippen LogP contribution in [0.25, 0.3) is 0 Å². The van der Waals surface area contributed by atoms with Crippen LogP contribution in [0.15, 0.2) is 30.3 Å². The monoisotopic (exact) mass is 233 g/mol. The van der Waals surface area contributed by atoms with Gasteiger partial charge in [0.1, 0.15) is 0 Å². The van der Waals surface area contributed by atoms with Gasteiger partial charge in [0.2, 0.25) is 0 Å². The van der Waals surface area contributed by atoms with Crippen molar-refractivity contribution in [3.63, 3.8) is 0 Å². The lowest BCUT2D eigenvalue weighted by atomic mass is 9.82. The third-order valence-corrected chi connectivity index (χ3v) is 3.96. The van der Waals surface area contributed by atoms with E-state index >= 15 is 0 Å². The molecule has 0 heterocycles. The Morgan fingerprint density at radius 3 is 2.59 bits per heavy atom. The molecule has 1 unspecified atom stereocenters. The van der Waals surface area contributed by atoms with Crippen molar-refractivity contribution < 1.29 is 4.74 Å². The third kappa shape index (κ3) is 3.55. The zero-order valence-electron chi connectivity index (χ0n) is 10.7. The molecular formula is C15H23NO. The SMILES string of the molecule is CC(CN)(CCOCc1ccccc1)C1CC1. The van der Waals surface area contributed by atoms with E-state index < -0.39 is 0 Å². The first kappa shape index (κ1) is 12.6. The van der Waals surface area contributed by atoms with Crippen molar-refractivity contribution in [1.82, 2.24) is 0 Å². The van der Waals surface area contributed by atoms with E-state index in [1.54, 1.807) is 0 Å². The van der Waals surface area contributed by atoms with Crippen LogP contribution in [0, 0.1) is 11.3 Å². The summed E-state index contributed by atoms with van der Waals surface area (Å²) in [5, 5.41) is 0. The highest BCUT2D eigenvalue weighted by Crippen LogP contribution is 2.46. The van der Waals surface area contributed by atoms with Gasteiger partial charge in [-0.15, -0.1) is 0 Å². The lowest BCUT2D eigenvalue weighted by Crippen LogP contribution is -2.30. The van der Waals surface area contributed by atoms with Crippen molar-refractivity contribution >= 4 is 0 Å². The van der Waals surface area contributed by atoms with E-state index in [0.29, 0.717) is 12.0 Å². The predicted molar refractivity (Wildman–Crippen MR) is 70.6 cm³/mol. The maximum atomic E-state index is 5.89. The fraction of sp³-hybridized carbons (Fsp3) is 0.600. The molecule has 1 aromatic rings. The summed E-state index contributed by atoms with van der Waals surface area (Å²) >= 11 is 0. The van der Waals surface area contributed by atoms with Crippen molar-refractivity contribution in [2.75, 3.05) is 13.2 Å². The van der Waals surface area contributed by atoms with Crippen LogP contribution in [0.4, 0.5) is 0 Å². The Bertz CT molecular complexity index is 334. The topological polar surface area (TPSA) is 35.2 Å². The van der Waals surface area contributed by atoms with Gasteiger partial charge in [0, 0.05) is 6.61 Å². The van der Waals surface area contributed by atoms with Gasteiger partial charge in [-0.2, -0.15) is 0 Å². The van der Waals surface area contributed by atoms with Crippen molar-refractivity contribution in [3.05, 3.63) is 35.9 Å². The Labute approximate surface area is 104 Å². The van der Waals surface area contributed by atoms with E-state index in [-0.39, 0.29) is 0 Å². The maximum Gasteiger partial charge on any atom is 0.0716 e. The molecule has 1 aliphatic carbocycles. The standard InChI is InChI=1S/C15H23NO/c1-15(12-16,14-7-8-14)9-10-17-11-13-5-3-2-4-6-13/h2-6,14H,7-12,16H2,1H3. The zero-order valence-corrected chi connectivity index (χ0v) is 10.7. The highest BCUT2D eigenvalue weighted by molar-refractivity contribution is 5.13. The van der Waals surface area contributed by atoms with Gasteiger partial charge in [-0.3, -0.25) is 0 Å². The number of hydrogen-bond donors (Lipinski definition) is 1. The van der Waals surface area contributed by atoms with E-state index in [1.165, 1.54) is 18.4 Å². The summed E-state index contributed by atoms with van der Waals surface area (Å²) in [5.41, 5.74) is 7.43. The van der Waals surface area contributed by atoms with E-state index in [1.807, 2.05) is 18.2 Å². The van der Waals surface area contributed by atoms with Gasteiger partial charge in [-0.1, -0.05) is 37.3 Å². The summed E-state index contributed by atoms with van der Waals surface area (Å²) in [4.78, 5) is 0. The minimum absolute atomic E-state index is 0.302. The van der Waals surface area contributed by atoms with Crippen molar-refractivity contribution in [3.8, 4) is 0 Å². The molecule has 0 amide bonds. The van der Waals surface area contributed by atoms with Crippen LogP contribution >= 0.6 is 0 Å². The second-order valence-corrected chi connectivity index (χ2v) is 5.42. The average Bonchev–Trinajstić information content (AvgIpc) is 3.20. The van der Waals surface area contributed by atoms with Crippen LogP contribution in [-0.4, -0.2) is 13.2 Å². The molecule has 17 heavy (non-hydrogen) atoms. The molecule has 2 rings (SSSR count). The number of ether oxygens (including phenoxy) is 1. The van der Waals surface area contributed by atoms with Crippen LogP contribution in [0.5, 0.6) is 0 Å². The molecule has 0 spiro atoms. The van der Waals surface area contributed by atoms with Crippen LogP contribution in [-0.2, 0) is 11.3 Å². The summed E-state index contributed by atoms with van der Waals surface area (Å²) < 4.78 is 5.74. The second kappa shape index (κ2) is 5.65. The minimum Gasteiger partial charge on any atom is -0.377 e. The summed E-state index contributed by atoms with van der Waals surface area (Å²) in [6.07, 6.45) is 3.79. The lowest BCUT2D eigenvalue weighted by molar-refractivity contribution is 0.0827. The number of rotatable bonds is 7. The Kier molecular flexibility index (Phi) is 4.19. The summed E-state index contributed by atoms with van der Waals surface area (Å²) in [6, 6.07) is 10.3. The minimum atomic E-state index is 0.302. The van der Waals surface area contributed by atoms with Crippen molar-refractivity contribution in [2.45, 2.75) is 32.8 Å². The normalized spacial score (nSPS) is 18.9. The summed E-state index contributed by atoms with van der Waals surface area (Å²) in [5.74, 6) is 0.841. The number of nitrogens with two attached hydrogens (primary N) is 1. The molecule has 1 saturated carbocycles. The Morgan fingerprint density at radius 1 is 1.29 bits per heavy atom. The van der Waals surface area contributed by atoms with Crippen molar-refractivity contribution in [2.24, 2.45) is 17.1 Å².